The van der Waals surface area contributed by atoms with Gasteiger partial charge in [0.25, 0.3) is 16.8 Å². The normalized spacial score (nSPS) is 14.9. The maximum Gasteiger partial charge on any atom is 0.326 e. The highest BCUT2D eigenvalue weighted by atomic mass is 32.2. The second kappa shape index (κ2) is 9.29. The molecular formula is C23H19N3O6S. The lowest BCUT2D eigenvalue weighted by molar-refractivity contribution is -0.384. The average Bonchev–Trinajstić information content (AvgIpc) is 3.26. The standard InChI is InChI=1S/C23H19N3O6S/c1-2-32-21(27)14-25-22(28)20(33-23(25)29)11-16-13-24(19-6-4-3-5-18(16)19)12-15-7-9-17(10-8-15)26(30)31/h3-11,13H,2,12,14H2,1H3/b20-11-. The molecule has 0 bridgehead atoms. The van der Waals surface area contributed by atoms with Crippen molar-refractivity contribution < 1.29 is 24.0 Å². The van der Waals surface area contributed by atoms with Gasteiger partial charge >= 0.3 is 5.97 Å². The topological polar surface area (TPSA) is 112 Å². The van der Waals surface area contributed by atoms with E-state index in [2.05, 4.69) is 0 Å². The molecule has 1 saturated heterocycles. The first-order valence-corrected chi connectivity index (χ1v) is 10.9. The number of carbonyl (C=O) groups is 3. The number of carbonyl (C=O) groups excluding carboxylic acids is 3. The van der Waals surface area contributed by atoms with Crippen molar-refractivity contribution in [2.45, 2.75) is 13.5 Å². The number of para-hydroxylation sites is 1. The van der Waals surface area contributed by atoms with E-state index in [4.69, 9.17) is 4.74 Å². The number of nitrogens with zero attached hydrogens (tertiary/aromatic N) is 3. The summed E-state index contributed by atoms with van der Waals surface area (Å²) in [6, 6.07) is 13.9. The van der Waals surface area contributed by atoms with Crippen LogP contribution in [-0.2, 0) is 20.9 Å². The third-order valence-corrected chi connectivity index (χ3v) is 5.98. The van der Waals surface area contributed by atoms with Crippen molar-refractivity contribution >= 4 is 51.5 Å². The number of amides is 2. The molecule has 33 heavy (non-hydrogen) atoms. The van der Waals surface area contributed by atoms with E-state index < -0.39 is 28.6 Å². The van der Waals surface area contributed by atoms with Gasteiger partial charge in [-0.3, -0.25) is 29.4 Å². The lowest BCUT2D eigenvalue weighted by Gasteiger charge is -2.10. The predicted octanol–water partition coefficient (Wildman–Crippen LogP) is 4.20. The minimum absolute atomic E-state index is 0.0235. The molecular weight excluding hydrogens is 446 g/mol. The molecule has 1 aromatic heterocycles. The Balaban J connectivity index is 1.63. The minimum Gasteiger partial charge on any atom is -0.465 e. The van der Waals surface area contributed by atoms with Gasteiger partial charge in [-0.1, -0.05) is 30.3 Å². The molecule has 10 heteroatoms. The largest absolute Gasteiger partial charge is 0.465 e. The molecule has 0 N–H and O–H groups in total. The Bertz CT molecular complexity index is 1300. The monoisotopic (exact) mass is 465 g/mol. The summed E-state index contributed by atoms with van der Waals surface area (Å²) in [6.45, 7) is 1.87. The maximum atomic E-state index is 12.7. The van der Waals surface area contributed by atoms with E-state index in [-0.39, 0.29) is 17.2 Å². The van der Waals surface area contributed by atoms with Crippen molar-refractivity contribution in [3.63, 3.8) is 0 Å². The van der Waals surface area contributed by atoms with Crippen LogP contribution in [0.4, 0.5) is 10.5 Å². The van der Waals surface area contributed by atoms with Crippen LogP contribution < -0.4 is 0 Å². The van der Waals surface area contributed by atoms with E-state index in [1.165, 1.54) is 12.1 Å². The number of hydrogen-bond donors (Lipinski definition) is 0. The Morgan fingerprint density at radius 2 is 1.88 bits per heavy atom. The van der Waals surface area contributed by atoms with E-state index in [9.17, 15) is 24.5 Å². The van der Waals surface area contributed by atoms with Crippen LogP contribution in [0, 0.1) is 10.1 Å². The molecule has 4 rings (SSSR count). The number of thioether (sulfide) groups is 1. The lowest BCUT2D eigenvalue weighted by atomic mass is 10.1. The van der Waals surface area contributed by atoms with Crippen LogP contribution in [0.2, 0.25) is 0 Å². The second-order valence-corrected chi connectivity index (χ2v) is 8.22. The molecule has 0 aliphatic carbocycles. The molecule has 2 heterocycles. The SMILES string of the molecule is CCOC(=O)CN1C(=O)S/C(=C\c2cn(Cc3ccc([N+](=O)[O-])cc3)c3ccccc23)C1=O. The van der Waals surface area contributed by atoms with Crippen molar-refractivity contribution in [2.75, 3.05) is 13.2 Å². The molecule has 0 unspecified atom stereocenters. The number of nitro benzene ring substituents is 1. The van der Waals surface area contributed by atoms with Crippen molar-refractivity contribution in [3.05, 3.63) is 80.9 Å². The number of esters is 1. The number of rotatable bonds is 7. The van der Waals surface area contributed by atoms with Crippen LogP contribution in [0.3, 0.4) is 0 Å². The zero-order chi connectivity index (χ0) is 23.5. The van der Waals surface area contributed by atoms with E-state index in [0.29, 0.717) is 6.54 Å². The number of fused-ring (bicyclic) bond motifs is 1. The van der Waals surface area contributed by atoms with Gasteiger partial charge in [-0.15, -0.1) is 0 Å². The average molecular weight is 465 g/mol. The lowest BCUT2D eigenvalue weighted by Crippen LogP contribution is -2.34. The number of non-ortho nitro benzene ring substituents is 1. The molecule has 1 aliphatic heterocycles. The van der Waals surface area contributed by atoms with Gasteiger partial charge in [0.05, 0.1) is 16.4 Å². The summed E-state index contributed by atoms with van der Waals surface area (Å²) in [4.78, 5) is 48.3. The third-order valence-electron chi connectivity index (χ3n) is 5.07. The Morgan fingerprint density at radius 1 is 1.15 bits per heavy atom. The first-order chi connectivity index (χ1) is 15.9. The Kier molecular flexibility index (Phi) is 6.27. The molecule has 1 fully saturated rings. The highest BCUT2D eigenvalue weighted by molar-refractivity contribution is 8.18. The summed E-state index contributed by atoms with van der Waals surface area (Å²) in [5, 5.41) is 11.3. The van der Waals surface area contributed by atoms with Crippen LogP contribution in [0.15, 0.2) is 59.6 Å². The van der Waals surface area contributed by atoms with Crippen molar-refractivity contribution in [3.8, 4) is 0 Å². The fourth-order valence-electron chi connectivity index (χ4n) is 3.55. The van der Waals surface area contributed by atoms with Crippen molar-refractivity contribution in [1.29, 1.82) is 0 Å². The van der Waals surface area contributed by atoms with Crippen molar-refractivity contribution in [2.24, 2.45) is 0 Å². The van der Waals surface area contributed by atoms with Crippen LogP contribution in [0.25, 0.3) is 17.0 Å². The number of ether oxygens (including phenoxy) is 1. The number of hydrogen-bond acceptors (Lipinski definition) is 7. The summed E-state index contributed by atoms with van der Waals surface area (Å²) in [6.07, 6.45) is 3.51. The number of aromatic nitrogens is 1. The van der Waals surface area contributed by atoms with Crippen LogP contribution in [0.5, 0.6) is 0 Å². The molecule has 0 spiro atoms. The molecule has 1 aliphatic rings. The highest BCUT2D eigenvalue weighted by Gasteiger charge is 2.36. The number of nitro groups is 1. The van der Waals surface area contributed by atoms with Crippen LogP contribution in [-0.4, -0.2) is 44.7 Å². The van der Waals surface area contributed by atoms with Gasteiger partial charge in [-0.05, 0) is 36.4 Å². The number of benzene rings is 2. The Hall–Kier alpha value is -3.92. The zero-order valence-electron chi connectivity index (χ0n) is 17.6. The zero-order valence-corrected chi connectivity index (χ0v) is 18.4. The second-order valence-electron chi connectivity index (χ2n) is 7.23. The van der Waals surface area contributed by atoms with E-state index in [1.54, 1.807) is 25.1 Å². The summed E-state index contributed by atoms with van der Waals surface area (Å²) in [5.41, 5.74) is 2.56. The first-order valence-electron chi connectivity index (χ1n) is 10.1. The van der Waals surface area contributed by atoms with E-state index in [1.807, 2.05) is 35.0 Å². The molecule has 2 aromatic carbocycles. The highest BCUT2D eigenvalue weighted by Crippen LogP contribution is 2.34. The van der Waals surface area contributed by atoms with Gasteiger partial charge in [0.1, 0.15) is 6.54 Å². The van der Waals surface area contributed by atoms with E-state index in [0.717, 1.165) is 38.7 Å². The van der Waals surface area contributed by atoms with Gasteiger partial charge in [0, 0.05) is 41.3 Å². The van der Waals surface area contributed by atoms with Gasteiger partial charge in [-0.25, -0.2) is 0 Å². The van der Waals surface area contributed by atoms with Crippen molar-refractivity contribution in [1.82, 2.24) is 9.47 Å². The molecule has 0 radical (unpaired) electrons. The smallest absolute Gasteiger partial charge is 0.326 e. The summed E-state index contributed by atoms with van der Waals surface area (Å²) < 4.78 is 6.81. The summed E-state index contributed by atoms with van der Waals surface area (Å²) >= 11 is 0.780. The van der Waals surface area contributed by atoms with E-state index >= 15 is 0 Å². The molecule has 2 amide bonds. The van der Waals surface area contributed by atoms with Crippen LogP contribution in [0.1, 0.15) is 18.1 Å². The molecule has 168 valence electrons. The maximum absolute atomic E-state index is 12.7. The minimum atomic E-state index is -0.638. The molecule has 0 atom stereocenters. The fraction of sp³-hybridized carbons (Fsp3) is 0.174. The third kappa shape index (κ3) is 4.65. The Morgan fingerprint density at radius 3 is 2.58 bits per heavy atom. The number of imide groups is 1. The van der Waals surface area contributed by atoms with Gasteiger partial charge in [-0.2, -0.15) is 0 Å². The first kappa shape index (κ1) is 22.3. The fourth-order valence-corrected chi connectivity index (χ4v) is 4.38. The molecule has 3 aromatic rings. The summed E-state index contributed by atoms with van der Waals surface area (Å²) in [7, 11) is 0. The Labute approximate surface area is 192 Å². The molecule has 0 saturated carbocycles. The predicted molar refractivity (Wildman–Crippen MR) is 123 cm³/mol. The summed E-state index contributed by atoms with van der Waals surface area (Å²) in [5.74, 6) is -1.17. The van der Waals surface area contributed by atoms with Gasteiger partial charge in [0.2, 0.25) is 0 Å². The van der Waals surface area contributed by atoms with Gasteiger partial charge < -0.3 is 9.30 Å². The molecule has 9 nitrogen and oxygen atoms in total. The quantitative estimate of drug-likeness (QED) is 0.222. The van der Waals surface area contributed by atoms with Crippen LogP contribution >= 0.6 is 11.8 Å². The van der Waals surface area contributed by atoms with Gasteiger partial charge in [0.15, 0.2) is 0 Å².